The molecule has 0 unspecified atom stereocenters. The molecule has 0 amide bonds. The molecule has 2 heteroatoms. The summed E-state index contributed by atoms with van der Waals surface area (Å²) in [6, 6.07) is 27.7. The maximum absolute atomic E-state index is 4.83. The Balaban J connectivity index is 1.77. The van der Waals surface area contributed by atoms with Gasteiger partial charge in [-0.05, 0) is 24.3 Å². The zero-order chi connectivity index (χ0) is 16.1. The van der Waals surface area contributed by atoms with Crippen molar-refractivity contribution in [2.75, 3.05) is 0 Å². The monoisotopic (exact) mass is 308 g/mol. The molecular weight excluding hydrogens is 292 g/mol. The van der Waals surface area contributed by atoms with Crippen LogP contribution in [-0.2, 0) is 7.05 Å². The minimum absolute atomic E-state index is 1.01. The van der Waals surface area contributed by atoms with Gasteiger partial charge in [0, 0.05) is 39.8 Å². The number of benzene rings is 3. The van der Waals surface area contributed by atoms with Crippen LogP contribution in [0.4, 0.5) is 0 Å². The standard InChI is InChI=1S/C22H16N2/c1-24-21-9-5-3-7-17(21)18-12-10-16(14-22(18)24)20-13-11-15-6-2-4-8-19(15)23-20/h2-14H,1H3. The van der Waals surface area contributed by atoms with Gasteiger partial charge in [-0.25, -0.2) is 4.98 Å². The normalized spacial score (nSPS) is 11.5. The maximum Gasteiger partial charge on any atom is 0.0710 e. The molecule has 5 rings (SSSR count). The van der Waals surface area contributed by atoms with Crippen LogP contribution in [0.5, 0.6) is 0 Å². The Morgan fingerprint density at radius 3 is 2.46 bits per heavy atom. The second-order valence-corrected chi connectivity index (χ2v) is 6.20. The summed E-state index contributed by atoms with van der Waals surface area (Å²) < 4.78 is 2.26. The summed E-state index contributed by atoms with van der Waals surface area (Å²) in [4.78, 5) is 4.83. The Labute approximate surface area is 140 Å². The fourth-order valence-corrected chi connectivity index (χ4v) is 3.55. The van der Waals surface area contributed by atoms with Gasteiger partial charge in [0.2, 0.25) is 0 Å². The second kappa shape index (κ2) is 4.93. The van der Waals surface area contributed by atoms with E-state index in [1.54, 1.807) is 0 Å². The topological polar surface area (TPSA) is 17.8 Å². The maximum atomic E-state index is 4.83. The van der Waals surface area contributed by atoms with E-state index in [0.717, 1.165) is 16.8 Å². The molecule has 0 spiro atoms. The second-order valence-electron chi connectivity index (χ2n) is 6.20. The molecule has 0 fully saturated rings. The van der Waals surface area contributed by atoms with Crippen LogP contribution in [-0.4, -0.2) is 9.55 Å². The number of fused-ring (bicyclic) bond motifs is 4. The summed E-state index contributed by atoms with van der Waals surface area (Å²) in [5.74, 6) is 0. The van der Waals surface area contributed by atoms with Crippen molar-refractivity contribution >= 4 is 32.7 Å². The third-order valence-corrected chi connectivity index (χ3v) is 4.81. The summed E-state index contributed by atoms with van der Waals surface area (Å²) in [6.45, 7) is 0. The van der Waals surface area contributed by atoms with Crippen molar-refractivity contribution in [1.82, 2.24) is 9.55 Å². The number of hydrogen-bond acceptors (Lipinski definition) is 1. The first-order valence-electron chi connectivity index (χ1n) is 8.15. The molecule has 114 valence electrons. The molecule has 0 saturated carbocycles. The Morgan fingerprint density at radius 2 is 1.50 bits per heavy atom. The summed E-state index contributed by atoms with van der Waals surface area (Å²) >= 11 is 0. The predicted molar refractivity (Wildman–Crippen MR) is 101 cm³/mol. The molecular formula is C22H16N2. The quantitative estimate of drug-likeness (QED) is 0.397. The molecule has 2 heterocycles. The largest absolute Gasteiger partial charge is 0.344 e. The van der Waals surface area contributed by atoms with E-state index < -0.39 is 0 Å². The molecule has 0 bridgehead atoms. The van der Waals surface area contributed by atoms with Gasteiger partial charge in [0.15, 0.2) is 0 Å². The average molecular weight is 308 g/mol. The van der Waals surface area contributed by atoms with E-state index in [1.165, 1.54) is 27.2 Å². The van der Waals surface area contributed by atoms with Gasteiger partial charge in [-0.3, -0.25) is 0 Å². The van der Waals surface area contributed by atoms with Crippen molar-refractivity contribution in [3.05, 3.63) is 78.9 Å². The molecule has 0 aliphatic carbocycles. The van der Waals surface area contributed by atoms with Crippen LogP contribution in [0.25, 0.3) is 44.0 Å². The van der Waals surface area contributed by atoms with Gasteiger partial charge in [-0.2, -0.15) is 0 Å². The van der Waals surface area contributed by atoms with Gasteiger partial charge in [0.05, 0.1) is 11.2 Å². The number of aryl methyl sites for hydroxylation is 1. The lowest BCUT2D eigenvalue weighted by Crippen LogP contribution is -1.88. The number of rotatable bonds is 1. The van der Waals surface area contributed by atoms with Crippen molar-refractivity contribution < 1.29 is 0 Å². The lowest BCUT2D eigenvalue weighted by molar-refractivity contribution is 1.01. The van der Waals surface area contributed by atoms with E-state index in [9.17, 15) is 0 Å². The number of para-hydroxylation sites is 2. The summed E-state index contributed by atoms with van der Waals surface area (Å²) in [6.07, 6.45) is 0. The first-order valence-corrected chi connectivity index (χ1v) is 8.15. The van der Waals surface area contributed by atoms with Gasteiger partial charge >= 0.3 is 0 Å². The Kier molecular flexibility index (Phi) is 2.74. The van der Waals surface area contributed by atoms with Gasteiger partial charge in [-0.15, -0.1) is 0 Å². The summed E-state index contributed by atoms with van der Waals surface area (Å²) in [5.41, 5.74) is 5.70. The Bertz CT molecular complexity index is 1210. The minimum Gasteiger partial charge on any atom is -0.344 e. The van der Waals surface area contributed by atoms with E-state index >= 15 is 0 Å². The Morgan fingerprint density at radius 1 is 0.708 bits per heavy atom. The smallest absolute Gasteiger partial charge is 0.0710 e. The van der Waals surface area contributed by atoms with Crippen molar-refractivity contribution in [2.24, 2.45) is 7.05 Å². The zero-order valence-corrected chi connectivity index (χ0v) is 13.4. The van der Waals surface area contributed by atoms with Gasteiger partial charge in [0.1, 0.15) is 0 Å². The van der Waals surface area contributed by atoms with E-state index in [4.69, 9.17) is 4.98 Å². The molecule has 24 heavy (non-hydrogen) atoms. The molecule has 0 radical (unpaired) electrons. The zero-order valence-electron chi connectivity index (χ0n) is 13.4. The molecule has 3 aromatic carbocycles. The van der Waals surface area contributed by atoms with E-state index in [0.29, 0.717) is 0 Å². The van der Waals surface area contributed by atoms with E-state index in [1.807, 2.05) is 12.1 Å². The Hall–Kier alpha value is -3.13. The van der Waals surface area contributed by atoms with Crippen LogP contribution in [0.3, 0.4) is 0 Å². The van der Waals surface area contributed by atoms with Crippen molar-refractivity contribution in [3.63, 3.8) is 0 Å². The SMILES string of the molecule is Cn1c2ccccc2c2ccc(-c3ccc4ccccc4n3)cc21. The van der Waals surface area contributed by atoms with Crippen LogP contribution >= 0.6 is 0 Å². The van der Waals surface area contributed by atoms with Crippen LogP contribution < -0.4 is 0 Å². The van der Waals surface area contributed by atoms with Gasteiger partial charge in [0.25, 0.3) is 0 Å². The van der Waals surface area contributed by atoms with E-state index in [-0.39, 0.29) is 0 Å². The highest BCUT2D eigenvalue weighted by atomic mass is 14.9. The highest BCUT2D eigenvalue weighted by molar-refractivity contribution is 6.08. The molecule has 0 saturated heterocycles. The average Bonchev–Trinajstić information content (AvgIpc) is 2.94. The number of hydrogen-bond donors (Lipinski definition) is 0. The summed E-state index contributed by atoms with van der Waals surface area (Å²) in [7, 11) is 2.13. The number of nitrogens with zero attached hydrogens (tertiary/aromatic N) is 2. The van der Waals surface area contributed by atoms with Crippen LogP contribution in [0.1, 0.15) is 0 Å². The number of pyridine rings is 1. The van der Waals surface area contributed by atoms with Gasteiger partial charge < -0.3 is 4.57 Å². The van der Waals surface area contributed by atoms with E-state index in [2.05, 4.69) is 78.3 Å². The van der Waals surface area contributed by atoms with Crippen molar-refractivity contribution in [1.29, 1.82) is 0 Å². The fraction of sp³-hybridized carbons (Fsp3) is 0.0455. The highest BCUT2D eigenvalue weighted by Gasteiger charge is 2.09. The molecule has 5 aromatic rings. The first-order chi connectivity index (χ1) is 11.8. The predicted octanol–water partition coefficient (Wildman–Crippen LogP) is 5.55. The minimum atomic E-state index is 1.01. The van der Waals surface area contributed by atoms with Crippen molar-refractivity contribution in [3.8, 4) is 11.3 Å². The lowest BCUT2D eigenvalue weighted by atomic mass is 10.1. The molecule has 2 aromatic heterocycles. The molecule has 0 aliphatic heterocycles. The third kappa shape index (κ3) is 1.86. The number of aromatic nitrogens is 2. The lowest BCUT2D eigenvalue weighted by Gasteiger charge is -2.05. The van der Waals surface area contributed by atoms with Crippen LogP contribution in [0.15, 0.2) is 78.9 Å². The van der Waals surface area contributed by atoms with Crippen LogP contribution in [0, 0.1) is 0 Å². The first kappa shape index (κ1) is 13.3. The molecule has 0 atom stereocenters. The van der Waals surface area contributed by atoms with Crippen LogP contribution in [0.2, 0.25) is 0 Å². The summed E-state index contributed by atoms with van der Waals surface area (Å²) in [5, 5.41) is 3.76. The molecule has 2 nitrogen and oxygen atoms in total. The highest BCUT2D eigenvalue weighted by Crippen LogP contribution is 2.31. The van der Waals surface area contributed by atoms with Crippen molar-refractivity contribution in [2.45, 2.75) is 0 Å². The third-order valence-electron chi connectivity index (χ3n) is 4.81. The van der Waals surface area contributed by atoms with Gasteiger partial charge in [-0.1, -0.05) is 54.6 Å². The fourth-order valence-electron chi connectivity index (χ4n) is 3.55. The molecule has 0 N–H and O–H groups in total. The molecule has 0 aliphatic rings.